The lowest BCUT2D eigenvalue weighted by molar-refractivity contribution is -0.143. The number of nitrogens with zero attached hydrogens (tertiary/aromatic N) is 2. The number of hydrogen-bond donors (Lipinski definition) is 4. The van der Waals surface area contributed by atoms with Gasteiger partial charge in [-0.3, -0.25) is 14.4 Å². The summed E-state index contributed by atoms with van der Waals surface area (Å²) in [5, 5.41) is 18.7. The number of hydrogen-bond acceptors (Lipinski definition) is 7. The van der Waals surface area contributed by atoms with Crippen molar-refractivity contribution >= 4 is 29.1 Å². The second-order valence-electron chi connectivity index (χ2n) is 9.97. The van der Waals surface area contributed by atoms with E-state index in [1.54, 1.807) is 18.4 Å². The Bertz CT molecular complexity index is 1050. The molecule has 2 heterocycles. The first-order valence-corrected chi connectivity index (χ1v) is 12.6. The number of carbonyl (C=O) groups excluding carboxylic acids is 3. The molecule has 1 aromatic carbocycles. The molecule has 0 radical (unpaired) electrons. The summed E-state index contributed by atoms with van der Waals surface area (Å²) < 4.78 is 0. The van der Waals surface area contributed by atoms with Gasteiger partial charge in [0.15, 0.2) is 0 Å². The van der Waals surface area contributed by atoms with Gasteiger partial charge in [0.05, 0.1) is 28.7 Å². The molecule has 0 bridgehead atoms. The highest BCUT2D eigenvalue weighted by molar-refractivity contribution is 7.13. The van der Waals surface area contributed by atoms with Crippen LogP contribution in [0.25, 0.3) is 10.4 Å². The van der Waals surface area contributed by atoms with E-state index in [4.69, 9.17) is 0 Å². The van der Waals surface area contributed by atoms with Crippen molar-refractivity contribution in [3.8, 4) is 10.4 Å². The lowest BCUT2D eigenvalue weighted by atomic mass is 9.85. The Morgan fingerprint density at radius 2 is 1.91 bits per heavy atom. The molecular weight excluding hydrogens is 466 g/mol. The highest BCUT2D eigenvalue weighted by Gasteiger charge is 2.44. The Balaban J connectivity index is 1.67. The average Bonchev–Trinajstić information content (AvgIpc) is 3.40. The number of nitrogens with one attached hydrogen (secondary N) is 3. The predicted octanol–water partition coefficient (Wildman–Crippen LogP) is 1.45. The Morgan fingerprint density at radius 1 is 1.23 bits per heavy atom. The minimum Gasteiger partial charge on any atom is -0.391 e. The van der Waals surface area contributed by atoms with E-state index in [1.165, 1.54) is 4.90 Å². The van der Waals surface area contributed by atoms with Crippen LogP contribution in [0.15, 0.2) is 29.8 Å². The number of rotatable bonds is 8. The third-order valence-corrected chi connectivity index (χ3v) is 7.03. The largest absolute Gasteiger partial charge is 0.391 e. The third-order valence-electron chi connectivity index (χ3n) is 6.05. The second-order valence-corrected chi connectivity index (χ2v) is 10.8. The van der Waals surface area contributed by atoms with Gasteiger partial charge in [0, 0.05) is 19.5 Å². The van der Waals surface area contributed by atoms with Gasteiger partial charge in [0.1, 0.15) is 12.1 Å². The van der Waals surface area contributed by atoms with E-state index < -0.39 is 23.6 Å². The number of aliphatic hydroxyl groups is 1. The number of likely N-dealkylation sites (N-methyl/N-ethyl adjacent to an activating group) is 1. The molecule has 1 saturated heterocycles. The molecule has 1 aliphatic heterocycles. The lowest BCUT2D eigenvalue weighted by Crippen LogP contribution is -2.58. The normalized spacial score (nSPS) is 18.9. The summed E-state index contributed by atoms with van der Waals surface area (Å²) in [7, 11) is 1.65. The van der Waals surface area contributed by atoms with E-state index in [1.807, 2.05) is 57.5 Å². The quantitative estimate of drug-likeness (QED) is 0.434. The molecule has 3 amide bonds. The molecule has 9 nitrogen and oxygen atoms in total. The van der Waals surface area contributed by atoms with Crippen molar-refractivity contribution in [3.05, 3.63) is 41.0 Å². The maximum Gasteiger partial charge on any atom is 0.246 e. The van der Waals surface area contributed by atoms with E-state index in [9.17, 15) is 19.5 Å². The number of aryl methyl sites for hydroxylation is 1. The van der Waals surface area contributed by atoms with Crippen molar-refractivity contribution in [1.82, 2.24) is 25.8 Å². The molecule has 1 unspecified atom stereocenters. The van der Waals surface area contributed by atoms with Gasteiger partial charge in [-0.1, -0.05) is 45.0 Å². The number of aliphatic hydroxyl groups excluding tert-OH is 1. The Morgan fingerprint density at radius 3 is 2.49 bits per heavy atom. The van der Waals surface area contributed by atoms with Crippen LogP contribution in [0.4, 0.5) is 0 Å². The van der Waals surface area contributed by atoms with Crippen LogP contribution in [-0.4, -0.2) is 71.0 Å². The molecule has 0 saturated carbocycles. The van der Waals surface area contributed by atoms with Crippen molar-refractivity contribution in [1.29, 1.82) is 0 Å². The minimum absolute atomic E-state index is 0.0499. The van der Waals surface area contributed by atoms with Gasteiger partial charge in [-0.2, -0.15) is 0 Å². The Labute approximate surface area is 210 Å². The molecule has 0 spiro atoms. The van der Waals surface area contributed by atoms with Crippen LogP contribution in [0.3, 0.4) is 0 Å². The van der Waals surface area contributed by atoms with Gasteiger partial charge in [0.25, 0.3) is 0 Å². The van der Waals surface area contributed by atoms with Crippen LogP contribution in [0, 0.1) is 12.3 Å². The van der Waals surface area contributed by atoms with Crippen molar-refractivity contribution in [2.75, 3.05) is 20.1 Å². The maximum absolute atomic E-state index is 13.4. The van der Waals surface area contributed by atoms with Gasteiger partial charge in [-0.15, -0.1) is 11.3 Å². The smallest absolute Gasteiger partial charge is 0.246 e. The van der Waals surface area contributed by atoms with E-state index in [-0.39, 0.29) is 37.2 Å². The Hall–Kier alpha value is -2.82. The number of thiazole rings is 1. The van der Waals surface area contributed by atoms with Crippen LogP contribution in [0.1, 0.15) is 38.4 Å². The zero-order valence-corrected chi connectivity index (χ0v) is 21.7. The summed E-state index contributed by atoms with van der Waals surface area (Å²) in [6.45, 7) is 7.97. The van der Waals surface area contributed by atoms with Gasteiger partial charge in [-0.25, -0.2) is 4.98 Å². The molecule has 2 aromatic rings. The second kappa shape index (κ2) is 11.3. The zero-order chi connectivity index (χ0) is 25.8. The fraction of sp³-hybridized carbons (Fsp3) is 0.520. The summed E-state index contributed by atoms with van der Waals surface area (Å²) >= 11 is 1.59. The zero-order valence-electron chi connectivity index (χ0n) is 20.9. The van der Waals surface area contributed by atoms with Gasteiger partial charge < -0.3 is 26.0 Å². The molecule has 1 fully saturated rings. The minimum atomic E-state index is -0.827. The van der Waals surface area contributed by atoms with E-state index >= 15 is 0 Å². The maximum atomic E-state index is 13.4. The van der Waals surface area contributed by atoms with Crippen LogP contribution >= 0.6 is 11.3 Å². The summed E-state index contributed by atoms with van der Waals surface area (Å²) in [6.07, 6.45) is -0.645. The fourth-order valence-electron chi connectivity index (χ4n) is 4.15. The number of carbonyl (C=O) groups is 3. The Kier molecular flexibility index (Phi) is 8.63. The van der Waals surface area contributed by atoms with Crippen LogP contribution in [0.5, 0.6) is 0 Å². The third kappa shape index (κ3) is 6.65. The number of aromatic nitrogens is 1. The highest BCUT2D eigenvalue weighted by atomic mass is 32.1. The highest BCUT2D eigenvalue weighted by Crippen LogP contribution is 2.28. The lowest BCUT2D eigenvalue weighted by Gasteiger charge is -2.35. The fourth-order valence-corrected chi connectivity index (χ4v) is 4.96. The molecule has 4 N–H and O–H groups in total. The van der Waals surface area contributed by atoms with Crippen LogP contribution in [-0.2, 0) is 20.9 Å². The van der Waals surface area contributed by atoms with Crippen molar-refractivity contribution in [2.24, 2.45) is 5.41 Å². The summed E-state index contributed by atoms with van der Waals surface area (Å²) in [5.74, 6) is -1.01. The molecule has 35 heavy (non-hydrogen) atoms. The van der Waals surface area contributed by atoms with Crippen LogP contribution < -0.4 is 16.0 Å². The van der Waals surface area contributed by atoms with Gasteiger partial charge in [-0.05, 0) is 30.5 Å². The number of benzene rings is 1. The number of likely N-dealkylation sites (tertiary alicyclic amines) is 1. The first kappa shape index (κ1) is 26.8. The molecule has 3 rings (SSSR count). The number of β-amino-alcohol motifs (C(OH)–C–C–N with tert-alkyl or cyclic N) is 1. The molecule has 1 aliphatic rings. The summed E-state index contributed by atoms with van der Waals surface area (Å²) in [4.78, 5) is 45.5. The summed E-state index contributed by atoms with van der Waals surface area (Å²) in [5.41, 5.74) is 4.22. The van der Waals surface area contributed by atoms with Crippen LogP contribution in [0.2, 0.25) is 0 Å². The van der Waals surface area contributed by atoms with Crippen molar-refractivity contribution in [3.63, 3.8) is 0 Å². The SMILES string of the molecule is CNCC(=O)N[C@H](C(=O)N1C[C@H](O)CC1C(=O)NCc1ccc(-c2scnc2C)cc1)C(C)(C)C. The van der Waals surface area contributed by atoms with E-state index in [0.29, 0.717) is 6.54 Å². The molecular formula is C25H35N5O4S. The predicted molar refractivity (Wildman–Crippen MR) is 136 cm³/mol. The van der Waals surface area contributed by atoms with E-state index in [2.05, 4.69) is 20.9 Å². The molecule has 3 atom stereocenters. The van der Waals surface area contributed by atoms with Gasteiger partial charge in [0.2, 0.25) is 17.7 Å². The monoisotopic (exact) mass is 501 g/mol. The first-order valence-electron chi connectivity index (χ1n) is 11.7. The molecule has 0 aliphatic carbocycles. The topological polar surface area (TPSA) is 124 Å². The average molecular weight is 502 g/mol. The van der Waals surface area contributed by atoms with Crippen molar-refractivity contribution < 1.29 is 19.5 Å². The first-order chi connectivity index (χ1) is 16.5. The summed E-state index contributed by atoms with van der Waals surface area (Å²) in [6, 6.07) is 6.27. The van der Waals surface area contributed by atoms with E-state index in [0.717, 1.165) is 21.7 Å². The standard InChI is InChI=1S/C25H35N5O4S/c1-15-21(35-14-28-15)17-8-6-16(7-9-17)11-27-23(33)19-10-18(31)13-30(19)24(34)22(25(2,3)4)29-20(32)12-26-5/h6-9,14,18-19,22,26,31H,10-13H2,1-5H3,(H,27,33)(H,29,32)/t18-,19?,22-/m1/s1. The molecule has 10 heteroatoms. The molecule has 1 aromatic heterocycles. The number of amides is 3. The molecule has 190 valence electrons. The van der Waals surface area contributed by atoms with Gasteiger partial charge >= 0.3 is 0 Å². The van der Waals surface area contributed by atoms with Crippen molar-refractivity contribution in [2.45, 2.75) is 58.8 Å².